The third-order valence-electron chi connectivity index (χ3n) is 3.87. The predicted octanol–water partition coefficient (Wildman–Crippen LogP) is 3.91. The number of hydrogen-bond donors (Lipinski definition) is 2. The van der Waals surface area contributed by atoms with Gasteiger partial charge in [-0.3, -0.25) is 4.79 Å². The Balaban J connectivity index is 1.66. The highest BCUT2D eigenvalue weighted by atomic mass is 35.5. The van der Waals surface area contributed by atoms with Crippen molar-refractivity contribution in [2.24, 2.45) is 0 Å². The second-order valence-electron chi connectivity index (χ2n) is 5.86. The number of carbonyl (C=O) groups is 1. The van der Waals surface area contributed by atoms with E-state index in [4.69, 9.17) is 28.6 Å². The summed E-state index contributed by atoms with van der Waals surface area (Å²) in [5.74, 6) is 0.358. The van der Waals surface area contributed by atoms with E-state index in [9.17, 15) is 4.79 Å². The first-order valence-electron chi connectivity index (χ1n) is 8.19. The van der Waals surface area contributed by atoms with E-state index < -0.39 is 0 Å². The highest BCUT2D eigenvalue weighted by Crippen LogP contribution is 2.21. The maximum Gasteiger partial charge on any atom is 0.264 e. The summed E-state index contributed by atoms with van der Waals surface area (Å²) < 4.78 is 5.49. The fourth-order valence-corrected chi connectivity index (χ4v) is 3.04. The molecule has 0 heterocycles. The molecule has 0 bridgehead atoms. The molecule has 1 aromatic rings. The number of aryl methyl sites for hydroxylation is 1. The van der Waals surface area contributed by atoms with Crippen LogP contribution in [0.1, 0.15) is 37.7 Å². The molecule has 2 N–H and O–H groups in total. The first kappa shape index (κ1) is 18.7. The fourth-order valence-electron chi connectivity index (χ4n) is 2.59. The molecular weight excluding hydrogens is 344 g/mol. The van der Waals surface area contributed by atoms with Gasteiger partial charge >= 0.3 is 0 Å². The van der Waals surface area contributed by atoms with Gasteiger partial charge in [-0.2, -0.15) is 0 Å². The van der Waals surface area contributed by atoms with Crippen LogP contribution >= 0.6 is 23.8 Å². The Labute approximate surface area is 153 Å². The molecule has 6 heteroatoms. The molecule has 0 fully saturated rings. The molecule has 1 aliphatic carbocycles. The average Bonchev–Trinajstić information content (AvgIpc) is 2.55. The van der Waals surface area contributed by atoms with Crippen molar-refractivity contribution in [1.29, 1.82) is 0 Å². The lowest BCUT2D eigenvalue weighted by molar-refractivity contribution is -0.121. The highest BCUT2D eigenvalue weighted by Gasteiger charge is 2.08. The summed E-state index contributed by atoms with van der Waals surface area (Å²) in [6.45, 7) is 2.53. The minimum Gasteiger partial charge on any atom is -0.483 e. The second kappa shape index (κ2) is 9.64. The van der Waals surface area contributed by atoms with E-state index in [1.54, 1.807) is 18.2 Å². The van der Waals surface area contributed by atoms with Gasteiger partial charge in [0.1, 0.15) is 5.75 Å². The molecule has 1 amide bonds. The van der Waals surface area contributed by atoms with Gasteiger partial charge in [-0.25, -0.2) is 0 Å². The van der Waals surface area contributed by atoms with Gasteiger partial charge in [0.15, 0.2) is 11.7 Å². The van der Waals surface area contributed by atoms with Crippen molar-refractivity contribution < 1.29 is 9.53 Å². The SMILES string of the molecule is Cc1cc(Cl)ccc1OCC(=O)NC(=S)NCCC1=CCCCC1. The summed E-state index contributed by atoms with van der Waals surface area (Å²) >= 11 is 11.0. The van der Waals surface area contributed by atoms with Crippen molar-refractivity contribution in [3.63, 3.8) is 0 Å². The van der Waals surface area contributed by atoms with E-state index in [-0.39, 0.29) is 12.5 Å². The smallest absolute Gasteiger partial charge is 0.264 e. The van der Waals surface area contributed by atoms with Gasteiger partial charge in [-0.15, -0.1) is 0 Å². The first-order chi connectivity index (χ1) is 11.5. The van der Waals surface area contributed by atoms with E-state index in [1.165, 1.54) is 31.3 Å². The highest BCUT2D eigenvalue weighted by molar-refractivity contribution is 7.80. The number of rotatable bonds is 6. The quantitative estimate of drug-likeness (QED) is 0.592. The molecule has 24 heavy (non-hydrogen) atoms. The zero-order chi connectivity index (χ0) is 17.4. The molecule has 1 aromatic carbocycles. The summed E-state index contributed by atoms with van der Waals surface area (Å²) in [7, 11) is 0. The van der Waals surface area contributed by atoms with Gasteiger partial charge in [-0.05, 0) is 75.0 Å². The van der Waals surface area contributed by atoms with Crippen molar-refractivity contribution in [3.05, 3.63) is 40.4 Å². The van der Waals surface area contributed by atoms with Crippen molar-refractivity contribution >= 4 is 34.8 Å². The molecular formula is C18H23ClN2O2S. The molecule has 2 rings (SSSR count). The lowest BCUT2D eigenvalue weighted by Crippen LogP contribution is -2.41. The third-order valence-corrected chi connectivity index (χ3v) is 4.35. The van der Waals surface area contributed by atoms with Crippen molar-refractivity contribution in [1.82, 2.24) is 10.6 Å². The van der Waals surface area contributed by atoms with Gasteiger partial charge in [0.25, 0.3) is 5.91 Å². The standard InChI is InChI=1S/C18H23ClN2O2S/c1-13-11-15(19)7-8-16(13)23-12-17(22)21-18(24)20-10-9-14-5-3-2-4-6-14/h5,7-8,11H,2-4,6,9-10,12H2,1H3,(H2,20,21,22,24). The minimum absolute atomic E-state index is 0.0879. The van der Waals surface area contributed by atoms with Crippen LogP contribution in [0.5, 0.6) is 5.75 Å². The molecule has 0 aliphatic heterocycles. The molecule has 4 nitrogen and oxygen atoms in total. The monoisotopic (exact) mass is 366 g/mol. The predicted molar refractivity (Wildman–Crippen MR) is 102 cm³/mol. The van der Waals surface area contributed by atoms with E-state index >= 15 is 0 Å². The number of benzene rings is 1. The molecule has 0 atom stereocenters. The number of nitrogens with one attached hydrogen (secondary N) is 2. The number of carbonyl (C=O) groups excluding carboxylic acids is 1. The summed E-state index contributed by atoms with van der Waals surface area (Å²) in [5, 5.41) is 6.68. The largest absolute Gasteiger partial charge is 0.483 e. The number of hydrogen-bond acceptors (Lipinski definition) is 3. The number of amides is 1. The number of thiocarbonyl (C=S) groups is 1. The van der Waals surface area contributed by atoms with E-state index in [0.717, 1.165) is 18.5 Å². The van der Waals surface area contributed by atoms with Gasteiger partial charge in [0.05, 0.1) is 0 Å². The molecule has 0 unspecified atom stereocenters. The average molecular weight is 367 g/mol. The summed E-state index contributed by atoms with van der Waals surface area (Å²) in [5.41, 5.74) is 2.36. The minimum atomic E-state index is -0.279. The zero-order valence-corrected chi connectivity index (χ0v) is 15.4. The lowest BCUT2D eigenvalue weighted by atomic mass is 9.97. The molecule has 0 saturated heterocycles. The number of halogens is 1. The second-order valence-corrected chi connectivity index (χ2v) is 6.71. The van der Waals surface area contributed by atoms with Gasteiger partial charge in [0, 0.05) is 11.6 Å². The van der Waals surface area contributed by atoms with Crippen LogP contribution in [-0.4, -0.2) is 24.2 Å². The Kier molecular flexibility index (Phi) is 7.53. The van der Waals surface area contributed by atoms with Crippen LogP contribution in [0, 0.1) is 6.92 Å². The van der Waals surface area contributed by atoms with Crippen molar-refractivity contribution in [2.45, 2.75) is 39.0 Å². The lowest BCUT2D eigenvalue weighted by Gasteiger charge is -2.14. The molecule has 0 saturated carbocycles. The summed E-state index contributed by atoms with van der Waals surface area (Å²) in [4.78, 5) is 11.9. The Morgan fingerprint density at radius 1 is 1.38 bits per heavy atom. The maximum absolute atomic E-state index is 11.9. The van der Waals surface area contributed by atoms with Crippen LogP contribution in [0.25, 0.3) is 0 Å². The van der Waals surface area contributed by atoms with Crippen LogP contribution in [0.3, 0.4) is 0 Å². The molecule has 1 aliphatic rings. The van der Waals surface area contributed by atoms with Crippen LogP contribution < -0.4 is 15.4 Å². The Morgan fingerprint density at radius 3 is 2.92 bits per heavy atom. The van der Waals surface area contributed by atoms with Crippen LogP contribution in [0.4, 0.5) is 0 Å². The van der Waals surface area contributed by atoms with E-state index in [1.807, 2.05) is 6.92 Å². The van der Waals surface area contributed by atoms with Crippen LogP contribution in [0.2, 0.25) is 5.02 Å². The normalized spacial score (nSPS) is 13.8. The Hall–Kier alpha value is -1.59. The van der Waals surface area contributed by atoms with Crippen LogP contribution in [-0.2, 0) is 4.79 Å². The number of allylic oxidation sites excluding steroid dienone is 1. The van der Waals surface area contributed by atoms with Crippen LogP contribution in [0.15, 0.2) is 29.8 Å². The van der Waals surface area contributed by atoms with Gasteiger partial charge in [0.2, 0.25) is 0 Å². The molecule has 0 aromatic heterocycles. The molecule has 0 spiro atoms. The van der Waals surface area contributed by atoms with Gasteiger partial charge < -0.3 is 15.4 Å². The van der Waals surface area contributed by atoms with Gasteiger partial charge in [-0.1, -0.05) is 23.3 Å². The molecule has 0 radical (unpaired) electrons. The summed E-state index contributed by atoms with van der Waals surface area (Å²) in [6.07, 6.45) is 8.20. The number of ether oxygens (including phenoxy) is 1. The Morgan fingerprint density at radius 2 is 2.21 bits per heavy atom. The van der Waals surface area contributed by atoms with E-state index in [2.05, 4.69) is 16.7 Å². The first-order valence-corrected chi connectivity index (χ1v) is 8.98. The topological polar surface area (TPSA) is 50.4 Å². The zero-order valence-electron chi connectivity index (χ0n) is 13.9. The van der Waals surface area contributed by atoms with E-state index in [0.29, 0.717) is 15.9 Å². The fraction of sp³-hybridized carbons (Fsp3) is 0.444. The maximum atomic E-state index is 11.9. The summed E-state index contributed by atoms with van der Waals surface area (Å²) in [6, 6.07) is 5.27. The molecule has 130 valence electrons. The van der Waals surface area contributed by atoms with Crippen molar-refractivity contribution in [3.8, 4) is 5.75 Å². The van der Waals surface area contributed by atoms with Crippen molar-refractivity contribution in [2.75, 3.05) is 13.2 Å². The Bertz CT molecular complexity index is 631. The third kappa shape index (κ3) is 6.49.